The molecule has 0 saturated carbocycles. The van der Waals surface area contributed by atoms with E-state index in [-0.39, 0.29) is 26.4 Å². The van der Waals surface area contributed by atoms with Crippen LogP contribution in [-0.2, 0) is 39.9 Å². The van der Waals surface area contributed by atoms with Crippen LogP contribution in [0.3, 0.4) is 0 Å². The number of ketones is 1. The Morgan fingerprint density at radius 1 is 0.935 bits per heavy atom. The Hall–Kier alpha value is -2.94. The summed E-state index contributed by atoms with van der Waals surface area (Å²) in [5.74, 6) is -4.86. The molecule has 0 aliphatic heterocycles. The summed E-state index contributed by atoms with van der Waals surface area (Å²) in [7, 11) is 0. The van der Waals surface area contributed by atoms with Gasteiger partial charge in [0.2, 0.25) is 5.92 Å². The first-order valence-corrected chi connectivity index (χ1v) is 10.1. The summed E-state index contributed by atoms with van der Waals surface area (Å²) in [5, 5.41) is 2.38. The van der Waals surface area contributed by atoms with Gasteiger partial charge in [0.1, 0.15) is 11.6 Å². The van der Waals surface area contributed by atoms with E-state index in [0.29, 0.717) is 0 Å². The van der Waals surface area contributed by atoms with Crippen molar-refractivity contribution >= 4 is 23.8 Å². The van der Waals surface area contributed by atoms with Crippen LogP contribution in [0.15, 0.2) is 30.3 Å². The molecule has 0 saturated heterocycles. The Bertz CT molecular complexity index is 724. The highest BCUT2D eigenvalue weighted by atomic mass is 16.6. The van der Waals surface area contributed by atoms with E-state index in [0.717, 1.165) is 5.56 Å². The van der Waals surface area contributed by atoms with Crippen molar-refractivity contribution in [3.63, 3.8) is 0 Å². The molecule has 1 atom stereocenters. The number of nitrogens with one attached hydrogen (secondary N) is 1. The van der Waals surface area contributed by atoms with Crippen LogP contribution in [0.5, 0.6) is 0 Å². The summed E-state index contributed by atoms with van der Waals surface area (Å²) in [6, 6.07) is 7.84. The number of hydrogen-bond donors (Lipinski definition) is 1. The molecule has 0 bridgehead atoms. The van der Waals surface area contributed by atoms with Crippen molar-refractivity contribution in [2.45, 2.75) is 52.9 Å². The summed E-state index contributed by atoms with van der Waals surface area (Å²) < 4.78 is 20.5. The van der Waals surface area contributed by atoms with E-state index in [1.54, 1.807) is 34.6 Å². The van der Waals surface area contributed by atoms with Crippen LogP contribution in [0.2, 0.25) is 0 Å². The fraction of sp³-hybridized carbons (Fsp3) is 0.545. The molecule has 0 fully saturated rings. The normalized spacial score (nSPS) is 12.1. The first kappa shape index (κ1) is 26.1. The van der Waals surface area contributed by atoms with Crippen LogP contribution >= 0.6 is 0 Å². The van der Waals surface area contributed by atoms with Crippen molar-refractivity contribution in [1.82, 2.24) is 5.32 Å². The van der Waals surface area contributed by atoms with Crippen LogP contribution < -0.4 is 5.32 Å². The first-order valence-electron chi connectivity index (χ1n) is 10.1. The summed E-state index contributed by atoms with van der Waals surface area (Å²) in [6.45, 7) is 7.88. The van der Waals surface area contributed by atoms with Crippen molar-refractivity contribution in [1.29, 1.82) is 0 Å². The second kappa shape index (κ2) is 12.7. The third-order valence-electron chi connectivity index (χ3n) is 3.76. The molecule has 0 radical (unpaired) electrons. The van der Waals surface area contributed by atoms with Crippen LogP contribution in [0.1, 0.15) is 40.2 Å². The largest absolute Gasteiger partial charge is 0.465 e. The molecule has 172 valence electrons. The van der Waals surface area contributed by atoms with Crippen molar-refractivity contribution in [2.24, 2.45) is 5.92 Å². The molecule has 31 heavy (non-hydrogen) atoms. The minimum atomic E-state index is -1.85. The number of amides is 1. The summed E-state index contributed by atoms with van der Waals surface area (Å²) in [5.41, 5.74) is 0.0304. The topological polar surface area (TPSA) is 117 Å². The van der Waals surface area contributed by atoms with Crippen molar-refractivity contribution < 1.29 is 38.1 Å². The minimum Gasteiger partial charge on any atom is -0.465 e. The number of alkyl carbamates (subject to hydrolysis) is 1. The maximum Gasteiger partial charge on any atom is 0.408 e. The van der Waals surface area contributed by atoms with E-state index in [1.807, 2.05) is 30.3 Å². The Labute approximate surface area is 182 Å². The second-order valence-corrected chi connectivity index (χ2v) is 7.54. The van der Waals surface area contributed by atoms with Crippen LogP contribution in [0, 0.1) is 5.92 Å². The van der Waals surface area contributed by atoms with E-state index >= 15 is 0 Å². The monoisotopic (exact) mass is 437 g/mol. The number of benzene rings is 1. The molecular formula is C22H31NO8. The number of esters is 2. The van der Waals surface area contributed by atoms with Crippen molar-refractivity contribution in [3.05, 3.63) is 35.9 Å². The van der Waals surface area contributed by atoms with Gasteiger partial charge in [-0.1, -0.05) is 30.3 Å². The number of rotatable bonds is 11. The molecule has 1 aromatic carbocycles. The van der Waals surface area contributed by atoms with Gasteiger partial charge in [0.15, 0.2) is 5.78 Å². The van der Waals surface area contributed by atoms with Gasteiger partial charge in [-0.25, -0.2) is 4.79 Å². The number of carbonyl (C=O) groups excluding carboxylic acids is 4. The van der Waals surface area contributed by atoms with Crippen LogP contribution in [0.4, 0.5) is 4.79 Å². The lowest BCUT2D eigenvalue weighted by Crippen LogP contribution is -2.51. The molecule has 1 rings (SSSR count). The molecule has 1 N–H and O–H groups in total. The van der Waals surface area contributed by atoms with E-state index in [2.05, 4.69) is 5.32 Å². The Kier molecular flexibility index (Phi) is 10.7. The van der Waals surface area contributed by atoms with Gasteiger partial charge in [-0.15, -0.1) is 0 Å². The smallest absolute Gasteiger partial charge is 0.408 e. The van der Waals surface area contributed by atoms with Gasteiger partial charge in [0.05, 0.1) is 26.4 Å². The zero-order valence-corrected chi connectivity index (χ0v) is 18.6. The Morgan fingerprint density at radius 3 is 1.97 bits per heavy atom. The number of carbonyl (C=O) groups is 4. The third-order valence-corrected chi connectivity index (χ3v) is 3.76. The van der Waals surface area contributed by atoms with Gasteiger partial charge in [-0.2, -0.15) is 0 Å². The molecule has 0 aromatic heterocycles. The van der Waals surface area contributed by atoms with Crippen LogP contribution in [-0.4, -0.2) is 55.3 Å². The predicted octanol–water partition coefficient (Wildman–Crippen LogP) is 2.41. The summed E-state index contributed by atoms with van der Waals surface area (Å²) in [4.78, 5) is 49.9. The molecule has 0 aliphatic carbocycles. The molecular weight excluding hydrogens is 406 g/mol. The predicted molar refractivity (Wildman–Crippen MR) is 111 cm³/mol. The standard InChI is InChI=1S/C22H31NO8/c1-6-29-19(25)17(20(26)30-7-2)18(24)16(23-21(27)31-22(3,4)5)14-28-13-15-11-9-8-10-12-15/h8-12,16-17H,6-7,13-14H2,1-5H3,(H,23,27)/t16-/m0/s1. The van der Waals surface area contributed by atoms with Crippen molar-refractivity contribution in [3.8, 4) is 0 Å². The van der Waals surface area contributed by atoms with E-state index in [1.165, 1.54) is 0 Å². The van der Waals surface area contributed by atoms with Gasteiger partial charge < -0.3 is 24.3 Å². The van der Waals surface area contributed by atoms with Gasteiger partial charge in [0.25, 0.3) is 0 Å². The lowest BCUT2D eigenvalue weighted by Gasteiger charge is -2.24. The maximum absolute atomic E-state index is 13.1. The van der Waals surface area contributed by atoms with E-state index < -0.39 is 41.4 Å². The zero-order valence-electron chi connectivity index (χ0n) is 18.6. The lowest BCUT2D eigenvalue weighted by atomic mass is 9.98. The fourth-order valence-electron chi connectivity index (χ4n) is 2.49. The molecule has 0 unspecified atom stereocenters. The summed E-state index contributed by atoms with van der Waals surface area (Å²) >= 11 is 0. The van der Waals surface area contributed by atoms with Gasteiger partial charge >= 0.3 is 18.0 Å². The Morgan fingerprint density at radius 2 is 1.48 bits per heavy atom. The molecule has 0 heterocycles. The average molecular weight is 437 g/mol. The molecule has 9 heteroatoms. The van der Waals surface area contributed by atoms with E-state index in [9.17, 15) is 19.2 Å². The number of ether oxygens (including phenoxy) is 4. The Balaban J connectivity index is 3.02. The van der Waals surface area contributed by atoms with Gasteiger partial charge in [-0.3, -0.25) is 14.4 Å². The molecule has 9 nitrogen and oxygen atoms in total. The highest BCUT2D eigenvalue weighted by Gasteiger charge is 2.41. The first-order chi connectivity index (χ1) is 14.6. The SMILES string of the molecule is CCOC(=O)C(C(=O)OCC)C(=O)[C@H](COCc1ccccc1)NC(=O)OC(C)(C)C. The van der Waals surface area contributed by atoms with Gasteiger partial charge in [-0.05, 0) is 40.2 Å². The molecule has 0 spiro atoms. The van der Waals surface area contributed by atoms with Crippen LogP contribution in [0.25, 0.3) is 0 Å². The minimum absolute atomic E-state index is 0.0311. The lowest BCUT2D eigenvalue weighted by molar-refractivity contribution is -0.164. The highest BCUT2D eigenvalue weighted by molar-refractivity contribution is 6.17. The quantitative estimate of drug-likeness (QED) is 0.319. The zero-order chi connectivity index (χ0) is 23.4. The van der Waals surface area contributed by atoms with Crippen molar-refractivity contribution in [2.75, 3.05) is 19.8 Å². The number of hydrogen-bond acceptors (Lipinski definition) is 8. The fourth-order valence-corrected chi connectivity index (χ4v) is 2.49. The second-order valence-electron chi connectivity index (χ2n) is 7.54. The average Bonchev–Trinajstić information content (AvgIpc) is 2.67. The maximum atomic E-state index is 13.1. The summed E-state index contributed by atoms with van der Waals surface area (Å²) in [6.07, 6.45) is -0.888. The number of Topliss-reactive ketones (excluding diaryl/α,β-unsaturated/α-hetero) is 1. The molecule has 1 amide bonds. The van der Waals surface area contributed by atoms with Gasteiger partial charge in [0, 0.05) is 0 Å². The molecule has 0 aliphatic rings. The third kappa shape index (κ3) is 9.61. The highest BCUT2D eigenvalue weighted by Crippen LogP contribution is 2.12. The van der Waals surface area contributed by atoms with E-state index in [4.69, 9.17) is 18.9 Å². The molecule has 1 aromatic rings.